The highest BCUT2D eigenvalue weighted by molar-refractivity contribution is 5.37. The molecule has 0 saturated carbocycles. The lowest BCUT2D eigenvalue weighted by molar-refractivity contribution is 0.219. The molecule has 0 saturated heterocycles. The van der Waals surface area contributed by atoms with Gasteiger partial charge in [-0.05, 0) is 34.6 Å². The number of hydrogen-bond donors (Lipinski definition) is 1. The van der Waals surface area contributed by atoms with Gasteiger partial charge in [-0.3, -0.25) is 0 Å². The molecule has 2 rings (SSSR count). The molecule has 1 N–H and O–H groups in total. The van der Waals surface area contributed by atoms with Crippen LogP contribution >= 0.6 is 0 Å². The first kappa shape index (κ1) is 13.8. The van der Waals surface area contributed by atoms with Gasteiger partial charge in [-0.25, -0.2) is 0 Å². The van der Waals surface area contributed by atoms with Crippen LogP contribution in [0.15, 0.2) is 48.5 Å². The molecule has 0 aliphatic heterocycles. The van der Waals surface area contributed by atoms with E-state index in [0.717, 1.165) is 16.7 Å². The van der Waals surface area contributed by atoms with Crippen LogP contribution in [0.3, 0.4) is 0 Å². The summed E-state index contributed by atoms with van der Waals surface area (Å²) < 4.78 is 0. The first-order valence-corrected chi connectivity index (χ1v) is 6.73. The summed E-state index contributed by atoms with van der Waals surface area (Å²) >= 11 is 0. The molecule has 0 amide bonds. The van der Waals surface area contributed by atoms with Crippen LogP contribution in [0.25, 0.3) is 0 Å². The predicted octanol–water partition coefficient (Wildman–Crippen LogP) is 4.37. The van der Waals surface area contributed by atoms with Crippen LogP contribution in [0.4, 0.5) is 0 Å². The second kappa shape index (κ2) is 5.18. The van der Waals surface area contributed by atoms with Crippen molar-refractivity contribution in [2.45, 2.75) is 39.2 Å². The van der Waals surface area contributed by atoms with Crippen LogP contribution in [0.1, 0.15) is 49.1 Å². The molecular formula is C18H22O. The van der Waals surface area contributed by atoms with Crippen molar-refractivity contribution in [3.63, 3.8) is 0 Å². The van der Waals surface area contributed by atoms with Crippen molar-refractivity contribution in [1.82, 2.24) is 0 Å². The first-order chi connectivity index (χ1) is 8.89. The fourth-order valence-electron chi connectivity index (χ4n) is 2.24. The standard InChI is InChI=1S/C18H22O/c1-13-7-5-6-8-16(13)17(19)14-9-11-15(12-10-14)18(2,3)4/h5-12,17,19H,1-4H3/t17-/m1/s1. The summed E-state index contributed by atoms with van der Waals surface area (Å²) in [5.74, 6) is 0. The second-order valence-corrected chi connectivity index (χ2v) is 6.13. The molecule has 19 heavy (non-hydrogen) atoms. The van der Waals surface area contributed by atoms with Gasteiger partial charge in [0.1, 0.15) is 6.10 Å². The minimum atomic E-state index is -0.546. The summed E-state index contributed by atoms with van der Waals surface area (Å²) in [6.07, 6.45) is -0.546. The minimum Gasteiger partial charge on any atom is -0.384 e. The van der Waals surface area contributed by atoms with Gasteiger partial charge in [0.05, 0.1) is 0 Å². The van der Waals surface area contributed by atoms with Crippen LogP contribution in [0, 0.1) is 6.92 Å². The third-order valence-corrected chi connectivity index (χ3v) is 3.58. The van der Waals surface area contributed by atoms with E-state index < -0.39 is 6.10 Å². The molecule has 0 heterocycles. The molecule has 0 bridgehead atoms. The molecule has 0 aliphatic carbocycles. The fraction of sp³-hybridized carbons (Fsp3) is 0.333. The monoisotopic (exact) mass is 254 g/mol. The van der Waals surface area contributed by atoms with Gasteiger partial charge in [-0.1, -0.05) is 69.3 Å². The average molecular weight is 254 g/mol. The van der Waals surface area contributed by atoms with Gasteiger partial charge < -0.3 is 5.11 Å². The number of aliphatic hydroxyl groups is 1. The summed E-state index contributed by atoms with van der Waals surface area (Å²) in [5, 5.41) is 10.5. The van der Waals surface area contributed by atoms with Crippen molar-refractivity contribution in [2.24, 2.45) is 0 Å². The summed E-state index contributed by atoms with van der Waals surface area (Å²) in [4.78, 5) is 0. The number of aryl methyl sites for hydroxylation is 1. The molecule has 1 nitrogen and oxygen atoms in total. The lowest BCUT2D eigenvalue weighted by atomic mass is 9.86. The Morgan fingerprint density at radius 1 is 0.895 bits per heavy atom. The van der Waals surface area contributed by atoms with Crippen LogP contribution in [0.2, 0.25) is 0 Å². The quantitative estimate of drug-likeness (QED) is 0.843. The normalized spacial score (nSPS) is 13.3. The Balaban J connectivity index is 2.31. The molecule has 0 spiro atoms. The van der Waals surface area contributed by atoms with E-state index in [-0.39, 0.29) is 5.41 Å². The minimum absolute atomic E-state index is 0.145. The molecule has 1 heteroatoms. The Hall–Kier alpha value is -1.60. The fourth-order valence-corrected chi connectivity index (χ4v) is 2.24. The van der Waals surface area contributed by atoms with Gasteiger partial charge in [-0.15, -0.1) is 0 Å². The number of benzene rings is 2. The van der Waals surface area contributed by atoms with Gasteiger partial charge in [0.2, 0.25) is 0 Å². The number of aliphatic hydroxyl groups excluding tert-OH is 1. The van der Waals surface area contributed by atoms with Crippen molar-refractivity contribution < 1.29 is 5.11 Å². The Morgan fingerprint density at radius 3 is 2.00 bits per heavy atom. The summed E-state index contributed by atoms with van der Waals surface area (Å²) in [7, 11) is 0. The summed E-state index contributed by atoms with van der Waals surface area (Å²) in [6, 6.07) is 16.2. The van der Waals surface area contributed by atoms with Crippen LogP contribution in [-0.2, 0) is 5.41 Å². The van der Waals surface area contributed by atoms with E-state index in [2.05, 4.69) is 32.9 Å². The Kier molecular flexibility index (Phi) is 3.77. The Bertz CT molecular complexity index is 547. The third-order valence-electron chi connectivity index (χ3n) is 3.58. The second-order valence-electron chi connectivity index (χ2n) is 6.13. The zero-order chi connectivity index (χ0) is 14.0. The summed E-state index contributed by atoms with van der Waals surface area (Å²) in [6.45, 7) is 8.61. The van der Waals surface area contributed by atoms with Crippen molar-refractivity contribution >= 4 is 0 Å². The number of rotatable bonds is 2. The van der Waals surface area contributed by atoms with Gasteiger partial charge in [0.15, 0.2) is 0 Å². The molecule has 1 atom stereocenters. The third kappa shape index (κ3) is 3.05. The highest BCUT2D eigenvalue weighted by atomic mass is 16.3. The van der Waals surface area contributed by atoms with Crippen molar-refractivity contribution in [3.05, 3.63) is 70.8 Å². The molecule has 0 aliphatic rings. The molecule has 0 fully saturated rings. The molecule has 2 aromatic rings. The van der Waals surface area contributed by atoms with Crippen molar-refractivity contribution in [2.75, 3.05) is 0 Å². The van der Waals surface area contributed by atoms with E-state index in [1.807, 2.05) is 43.3 Å². The maximum absolute atomic E-state index is 10.5. The van der Waals surface area contributed by atoms with Crippen molar-refractivity contribution in [1.29, 1.82) is 0 Å². The maximum atomic E-state index is 10.5. The van der Waals surface area contributed by atoms with E-state index in [9.17, 15) is 5.11 Å². The van der Waals surface area contributed by atoms with Crippen LogP contribution in [0.5, 0.6) is 0 Å². The predicted molar refractivity (Wildman–Crippen MR) is 80.4 cm³/mol. The summed E-state index contributed by atoms with van der Waals surface area (Å²) in [5.41, 5.74) is 4.48. The van der Waals surface area contributed by atoms with Crippen LogP contribution in [-0.4, -0.2) is 5.11 Å². The van der Waals surface area contributed by atoms with Crippen LogP contribution < -0.4 is 0 Å². The van der Waals surface area contributed by atoms with E-state index in [4.69, 9.17) is 0 Å². The highest BCUT2D eigenvalue weighted by Gasteiger charge is 2.16. The molecule has 100 valence electrons. The van der Waals surface area contributed by atoms with Crippen molar-refractivity contribution in [3.8, 4) is 0 Å². The van der Waals surface area contributed by atoms with E-state index in [0.29, 0.717) is 0 Å². The molecule has 0 aromatic heterocycles. The van der Waals surface area contributed by atoms with Gasteiger partial charge >= 0.3 is 0 Å². The first-order valence-electron chi connectivity index (χ1n) is 6.73. The topological polar surface area (TPSA) is 20.2 Å². The molecular weight excluding hydrogens is 232 g/mol. The molecule has 2 aromatic carbocycles. The van der Waals surface area contributed by atoms with E-state index in [1.54, 1.807) is 0 Å². The average Bonchev–Trinajstić information content (AvgIpc) is 2.38. The molecule has 0 radical (unpaired) electrons. The SMILES string of the molecule is Cc1ccccc1[C@H](O)c1ccc(C(C)(C)C)cc1. The smallest absolute Gasteiger partial charge is 0.104 e. The lowest BCUT2D eigenvalue weighted by Crippen LogP contribution is -2.11. The zero-order valence-electron chi connectivity index (χ0n) is 12.1. The van der Waals surface area contributed by atoms with Gasteiger partial charge in [0, 0.05) is 0 Å². The Morgan fingerprint density at radius 2 is 1.47 bits per heavy atom. The number of hydrogen-bond acceptors (Lipinski definition) is 1. The highest BCUT2D eigenvalue weighted by Crippen LogP contribution is 2.27. The Labute approximate surface area is 115 Å². The maximum Gasteiger partial charge on any atom is 0.104 e. The molecule has 0 unspecified atom stereocenters. The zero-order valence-corrected chi connectivity index (χ0v) is 12.1. The van der Waals surface area contributed by atoms with Gasteiger partial charge in [0.25, 0.3) is 0 Å². The van der Waals surface area contributed by atoms with E-state index in [1.165, 1.54) is 5.56 Å². The van der Waals surface area contributed by atoms with E-state index >= 15 is 0 Å². The lowest BCUT2D eigenvalue weighted by Gasteiger charge is -2.20. The van der Waals surface area contributed by atoms with Gasteiger partial charge in [-0.2, -0.15) is 0 Å². The largest absolute Gasteiger partial charge is 0.384 e.